The highest BCUT2D eigenvalue weighted by atomic mass is 32.2. The van der Waals surface area contributed by atoms with E-state index in [0.29, 0.717) is 11.1 Å². The van der Waals surface area contributed by atoms with Crippen molar-refractivity contribution >= 4 is 33.7 Å². The van der Waals surface area contributed by atoms with Gasteiger partial charge in [-0.15, -0.1) is 0 Å². The first-order valence-electron chi connectivity index (χ1n) is 13.1. The number of hydrogen-bond donors (Lipinski definition) is 1. The summed E-state index contributed by atoms with van der Waals surface area (Å²) in [6.07, 6.45) is -0.855. The average molecular weight is 575 g/mol. The number of nitrogens with one attached hydrogen (secondary N) is 1. The predicted molar refractivity (Wildman–Crippen MR) is 144 cm³/mol. The monoisotopic (exact) mass is 574 g/mol. The lowest BCUT2D eigenvalue weighted by Gasteiger charge is -2.34. The van der Waals surface area contributed by atoms with Crippen molar-refractivity contribution in [3.05, 3.63) is 75.7 Å². The number of halogens is 3. The van der Waals surface area contributed by atoms with Gasteiger partial charge in [-0.05, 0) is 74.1 Å². The molecule has 2 aromatic rings. The molecule has 0 radical (unpaired) electrons. The number of nitrogens with zero attached hydrogens (tertiary/aromatic N) is 3. The largest absolute Gasteiger partial charge is 0.416 e. The SMILES string of the molecule is Cc1cc(C(=O)N2CCCC2)ccc1C=CS(=O)(=O)N1CCC2(CC1)N=C(c1cccc(C(F)(F)F)c1)NC2=O. The first kappa shape index (κ1) is 28.0. The van der Waals surface area contributed by atoms with Crippen LogP contribution in [0.15, 0.2) is 52.9 Å². The van der Waals surface area contributed by atoms with Crippen LogP contribution in [0.5, 0.6) is 0 Å². The van der Waals surface area contributed by atoms with E-state index in [9.17, 15) is 31.2 Å². The summed E-state index contributed by atoms with van der Waals surface area (Å²) < 4.78 is 66.8. The first-order chi connectivity index (χ1) is 18.9. The van der Waals surface area contributed by atoms with E-state index in [-0.39, 0.29) is 43.2 Å². The zero-order chi connectivity index (χ0) is 28.7. The fourth-order valence-electron chi connectivity index (χ4n) is 5.29. The van der Waals surface area contributed by atoms with Gasteiger partial charge >= 0.3 is 6.18 Å². The second-order valence-corrected chi connectivity index (χ2v) is 12.2. The van der Waals surface area contributed by atoms with Crippen LogP contribution in [0.1, 0.15) is 58.3 Å². The standard InChI is InChI=1S/C28H29F3N4O4S/c1-19-17-22(25(36)34-12-2-3-13-34)8-7-20(19)9-16-40(38,39)35-14-10-27(11-15-35)26(37)32-24(33-27)21-5-4-6-23(18-21)28(29,30)31/h4-9,16-18H,2-3,10-15H2,1H3,(H,32,33,37). The van der Waals surface area contributed by atoms with Crippen LogP contribution in [-0.2, 0) is 21.0 Å². The van der Waals surface area contributed by atoms with Gasteiger partial charge in [0.05, 0.1) is 5.56 Å². The number of carbonyl (C=O) groups excluding carboxylic acids is 2. The molecule has 0 atom stereocenters. The third-order valence-corrected chi connectivity index (χ3v) is 9.25. The molecule has 0 aliphatic carbocycles. The van der Waals surface area contributed by atoms with Crippen LogP contribution >= 0.6 is 0 Å². The third kappa shape index (κ3) is 5.55. The second kappa shape index (κ2) is 10.5. The Morgan fingerprint density at radius 3 is 2.40 bits per heavy atom. The van der Waals surface area contributed by atoms with E-state index in [1.54, 1.807) is 18.2 Å². The first-order valence-corrected chi connectivity index (χ1v) is 14.6. The maximum absolute atomic E-state index is 13.1. The van der Waals surface area contributed by atoms with Gasteiger partial charge in [-0.1, -0.05) is 18.2 Å². The molecule has 3 aliphatic rings. The van der Waals surface area contributed by atoms with Crippen molar-refractivity contribution in [2.24, 2.45) is 4.99 Å². The average Bonchev–Trinajstić information content (AvgIpc) is 3.56. The number of amidine groups is 1. The van der Waals surface area contributed by atoms with Crippen molar-refractivity contribution in [3.63, 3.8) is 0 Å². The van der Waals surface area contributed by atoms with Crippen molar-refractivity contribution in [1.82, 2.24) is 14.5 Å². The molecule has 3 heterocycles. The number of aliphatic imine (C=N–C) groups is 1. The minimum absolute atomic E-state index is 0.0270. The van der Waals surface area contributed by atoms with Gasteiger partial charge in [0.2, 0.25) is 10.0 Å². The van der Waals surface area contributed by atoms with Crippen molar-refractivity contribution in [3.8, 4) is 0 Å². The van der Waals surface area contributed by atoms with Crippen molar-refractivity contribution in [1.29, 1.82) is 0 Å². The summed E-state index contributed by atoms with van der Waals surface area (Å²) in [5.41, 5.74) is 0.0719. The van der Waals surface area contributed by atoms with Crippen molar-refractivity contribution in [2.45, 2.75) is 44.3 Å². The van der Waals surface area contributed by atoms with Gasteiger partial charge in [0, 0.05) is 42.7 Å². The molecular weight excluding hydrogens is 545 g/mol. The van der Waals surface area contributed by atoms with E-state index < -0.39 is 33.2 Å². The molecule has 2 fully saturated rings. The smallest absolute Gasteiger partial charge is 0.339 e. The van der Waals surface area contributed by atoms with Gasteiger partial charge in [-0.2, -0.15) is 17.5 Å². The van der Waals surface area contributed by atoms with Crippen LogP contribution in [0.25, 0.3) is 6.08 Å². The van der Waals surface area contributed by atoms with Gasteiger partial charge in [0.15, 0.2) is 0 Å². The molecule has 0 aromatic heterocycles. The molecule has 2 amide bonds. The Kier molecular flexibility index (Phi) is 7.34. The lowest BCUT2D eigenvalue weighted by Crippen LogP contribution is -2.50. The summed E-state index contributed by atoms with van der Waals surface area (Å²) in [6, 6.07) is 9.74. The quantitative estimate of drug-likeness (QED) is 0.585. The number of benzene rings is 2. The Morgan fingerprint density at radius 2 is 1.75 bits per heavy atom. The zero-order valence-electron chi connectivity index (χ0n) is 21.9. The number of piperidine rings is 1. The molecule has 0 saturated carbocycles. The molecule has 2 saturated heterocycles. The van der Waals surface area contributed by atoms with Gasteiger partial charge in [0.25, 0.3) is 11.8 Å². The maximum Gasteiger partial charge on any atom is 0.416 e. The van der Waals surface area contributed by atoms with Crippen molar-refractivity contribution in [2.75, 3.05) is 26.2 Å². The highest BCUT2D eigenvalue weighted by Crippen LogP contribution is 2.34. The molecule has 0 unspecified atom stereocenters. The molecule has 3 aliphatic heterocycles. The predicted octanol–water partition coefficient (Wildman–Crippen LogP) is 3.96. The van der Waals surface area contributed by atoms with E-state index in [0.717, 1.165) is 49.0 Å². The number of alkyl halides is 3. The lowest BCUT2D eigenvalue weighted by atomic mass is 9.89. The summed E-state index contributed by atoms with van der Waals surface area (Å²) in [6.45, 7) is 3.36. The van der Waals surface area contributed by atoms with E-state index in [2.05, 4.69) is 10.3 Å². The Morgan fingerprint density at radius 1 is 1.05 bits per heavy atom. The molecule has 5 rings (SSSR count). The summed E-state index contributed by atoms with van der Waals surface area (Å²) in [7, 11) is -3.82. The normalized spacial score (nSPS) is 19.9. The zero-order valence-corrected chi connectivity index (χ0v) is 22.7. The third-order valence-electron chi connectivity index (χ3n) is 7.68. The van der Waals surface area contributed by atoms with Gasteiger partial charge in [-0.25, -0.2) is 8.42 Å². The topological polar surface area (TPSA) is 99.2 Å². The molecule has 40 heavy (non-hydrogen) atoms. The molecule has 2 aromatic carbocycles. The molecule has 1 N–H and O–H groups in total. The van der Waals surface area contributed by atoms with Crippen LogP contribution in [0, 0.1) is 6.92 Å². The van der Waals surface area contributed by atoms with E-state index in [4.69, 9.17) is 0 Å². The molecular formula is C28H29F3N4O4S. The van der Waals surface area contributed by atoms with E-state index in [1.165, 1.54) is 22.5 Å². The maximum atomic E-state index is 13.1. The highest BCUT2D eigenvalue weighted by molar-refractivity contribution is 7.92. The minimum Gasteiger partial charge on any atom is -0.339 e. The number of sulfonamides is 1. The van der Waals surface area contributed by atoms with Crippen LogP contribution in [0.2, 0.25) is 0 Å². The Hall–Kier alpha value is -3.51. The Bertz CT molecular complexity index is 1500. The fraction of sp³-hybridized carbons (Fsp3) is 0.393. The van der Waals surface area contributed by atoms with Crippen LogP contribution in [0.3, 0.4) is 0 Å². The Labute approximate surface area is 230 Å². The van der Waals surface area contributed by atoms with Gasteiger partial charge < -0.3 is 10.2 Å². The van der Waals surface area contributed by atoms with E-state index in [1.807, 2.05) is 11.8 Å². The number of likely N-dealkylation sites (tertiary alicyclic amines) is 1. The van der Waals surface area contributed by atoms with E-state index >= 15 is 0 Å². The summed E-state index contributed by atoms with van der Waals surface area (Å²) in [5, 5.41) is 3.69. The second-order valence-electron chi connectivity index (χ2n) is 10.3. The molecule has 212 valence electrons. The van der Waals surface area contributed by atoms with Gasteiger partial charge in [0.1, 0.15) is 11.4 Å². The lowest BCUT2D eigenvalue weighted by molar-refractivity contribution is -0.137. The fourth-order valence-corrected chi connectivity index (χ4v) is 6.47. The molecule has 1 spiro atoms. The number of amides is 2. The number of aryl methyl sites for hydroxylation is 1. The minimum atomic E-state index is -4.53. The summed E-state index contributed by atoms with van der Waals surface area (Å²) in [5.74, 6) is -0.429. The number of rotatable bonds is 5. The summed E-state index contributed by atoms with van der Waals surface area (Å²) >= 11 is 0. The number of hydrogen-bond acceptors (Lipinski definition) is 5. The van der Waals surface area contributed by atoms with Crippen LogP contribution < -0.4 is 5.32 Å². The molecule has 8 nitrogen and oxygen atoms in total. The Balaban J connectivity index is 1.26. The summed E-state index contributed by atoms with van der Waals surface area (Å²) in [4.78, 5) is 31.7. The van der Waals surface area contributed by atoms with Crippen LogP contribution in [-0.4, -0.2) is 67.0 Å². The molecule has 0 bridgehead atoms. The molecule has 12 heteroatoms. The highest BCUT2D eigenvalue weighted by Gasteiger charge is 2.47. The van der Waals surface area contributed by atoms with Crippen molar-refractivity contribution < 1.29 is 31.2 Å². The van der Waals surface area contributed by atoms with Crippen LogP contribution in [0.4, 0.5) is 13.2 Å². The van der Waals surface area contributed by atoms with Gasteiger partial charge in [-0.3, -0.25) is 14.6 Å². The number of carbonyl (C=O) groups is 2.